The number of carbonyl (C=O) groups is 1. The molecule has 1 atom stereocenters. The van der Waals surface area contributed by atoms with Gasteiger partial charge in [0.2, 0.25) is 3.79 Å². The van der Waals surface area contributed by atoms with Crippen molar-refractivity contribution >= 4 is 63.7 Å². The largest absolute Gasteiger partial charge is 0.339 e. The number of anilines is 1. The van der Waals surface area contributed by atoms with E-state index in [9.17, 15) is 9.18 Å². The van der Waals surface area contributed by atoms with Crippen molar-refractivity contribution in [1.29, 1.82) is 0 Å². The number of para-hydroxylation sites is 1. The minimum Gasteiger partial charge on any atom is -0.339 e. The van der Waals surface area contributed by atoms with Gasteiger partial charge >= 0.3 is 0 Å². The number of hydrogen-bond donors (Lipinski definition) is 3. The molecule has 3 N–H and O–H groups in total. The molecular formula is C17H15Cl3FN3OS. The van der Waals surface area contributed by atoms with Crippen LogP contribution in [0.5, 0.6) is 0 Å². The average molecular weight is 435 g/mol. The van der Waals surface area contributed by atoms with Crippen molar-refractivity contribution in [2.45, 2.75) is 16.9 Å². The van der Waals surface area contributed by atoms with Gasteiger partial charge in [-0.25, -0.2) is 4.39 Å². The summed E-state index contributed by atoms with van der Waals surface area (Å²) in [6.45, 7) is 1.90. The van der Waals surface area contributed by atoms with E-state index >= 15 is 0 Å². The molecule has 1 amide bonds. The van der Waals surface area contributed by atoms with Gasteiger partial charge in [0.25, 0.3) is 5.91 Å². The highest BCUT2D eigenvalue weighted by molar-refractivity contribution is 7.80. The molecule has 4 nitrogen and oxygen atoms in total. The van der Waals surface area contributed by atoms with Gasteiger partial charge in [0.05, 0.1) is 5.56 Å². The molecule has 2 rings (SSSR count). The highest BCUT2D eigenvalue weighted by Crippen LogP contribution is 2.29. The van der Waals surface area contributed by atoms with Crippen molar-refractivity contribution in [2.75, 3.05) is 5.32 Å². The van der Waals surface area contributed by atoms with Crippen molar-refractivity contribution in [3.05, 3.63) is 65.5 Å². The lowest BCUT2D eigenvalue weighted by Gasteiger charge is -2.28. The Morgan fingerprint density at radius 3 is 2.31 bits per heavy atom. The first-order chi connectivity index (χ1) is 12.2. The number of thiocarbonyl (C=S) groups is 1. The molecule has 0 aromatic heterocycles. The van der Waals surface area contributed by atoms with Crippen LogP contribution in [0.15, 0.2) is 48.5 Å². The van der Waals surface area contributed by atoms with E-state index < -0.39 is 21.7 Å². The molecule has 9 heteroatoms. The summed E-state index contributed by atoms with van der Waals surface area (Å²) in [5.41, 5.74) is 1.54. The van der Waals surface area contributed by atoms with E-state index in [1.54, 1.807) is 0 Å². The van der Waals surface area contributed by atoms with Crippen LogP contribution in [0.4, 0.5) is 10.1 Å². The van der Waals surface area contributed by atoms with E-state index in [2.05, 4.69) is 16.0 Å². The van der Waals surface area contributed by atoms with Gasteiger partial charge < -0.3 is 16.0 Å². The summed E-state index contributed by atoms with van der Waals surface area (Å²) in [5.74, 6) is -1.43. The Balaban J connectivity index is 2.10. The first-order valence-corrected chi connectivity index (χ1v) is 8.98. The van der Waals surface area contributed by atoms with Gasteiger partial charge in [-0.05, 0) is 42.9 Å². The molecule has 0 aliphatic carbocycles. The summed E-state index contributed by atoms with van der Waals surface area (Å²) < 4.78 is 11.8. The number of aryl methyl sites for hydroxylation is 1. The Bertz CT molecular complexity index is 814. The number of halogens is 4. The van der Waals surface area contributed by atoms with Gasteiger partial charge in [-0.1, -0.05) is 65.1 Å². The highest BCUT2D eigenvalue weighted by atomic mass is 35.6. The second-order valence-corrected chi connectivity index (χ2v) is 8.12. The van der Waals surface area contributed by atoms with Crippen molar-refractivity contribution in [1.82, 2.24) is 10.6 Å². The van der Waals surface area contributed by atoms with Gasteiger partial charge in [0, 0.05) is 5.69 Å². The molecule has 0 saturated carbocycles. The Morgan fingerprint density at radius 1 is 1.08 bits per heavy atom. The van der Waals surface area contributed by atoms with Crippen LogP contribution >= 0.6 is 47.0 Å². The minimum absolute atomic E-state index is 0.129. The van der Waals surface area contributed by atoms with Crippen molar-refractivity contribution in [3.63, 3.8) is 0 Å². The Morgan fingerprint density at radius 2 is 1.69 bits per heavy atom. The van der Waals surface area contributed by atoms with E-state index in [1.165, 1.54) is 18.2 Å². The fourth-order valence-corrected chi connectivity index (χ4v) is 2.61. The molecule has 138 valence electrons. The van der Waals surface area contributed by atoms with Crippen LogP contribution < -0.4 is 16.0 Å². The summed E-state index contributed by atoms with van der Waals surface area (Å²) in [6, 6.07) is 12.9. The van der Waals surface area contributed by atoms with Crippen LogP contribution in [-0.4, -0.2) is 21.0 Å². The third-order valence-electron chi connectivity index (χ3n) is 3.39. The lowest BCUT2D eigenvalue weighted by Crippen LogP contribution is -2.56. The second kappa shape index (κ2) is 8.86. The number of benzene rings is 2. The summed E-state index contributed by atoms with van der Waals surface area (Å²) >= 11 is 23.0. The van der Waals surface area contributed by atoms with Crippen molar-refractivity contribution in [2.24, 2.45) is 0 Å². The Kier molecular flexibility index (Phi) is 7.06. The number of amides is 1. The predicted molar refractivity (Wildman–Crippen MR) is 108 cm³/mol. The molecule has 0 aliphatic rings. The van der Waals surface area contributed by atoms with Gasteiger partial charge in [-0.3, -0.25) is 4.79 Å². The van der Waals surface area contributed by atoms with Crippen LogP contribution in [0.1, 0.15) is 15.9 Å². The fourth-order valence-electron chi connectivity index (χ4n) is 2.06. The van der Waals surface area contributed by atoms with Crippen LogP contribution in [0.25, 0.3) is 0 Å². The first kappa shape index (κ1) is 20.7. The fraction of sp³-hybridized carbons (Fsp3) is 0.176. The van der Waals surface area contributed by atoms with E-state index in [4.69, 9.17) is 47.0 Å². The van der Waals surface area contributed by atoms with E-state index in [-0.39, 0.29) is 10.7 Å². The van der Waals surface area contributed by atoms with Gasteiger partial charge in [-0.2, -0.15) is 0 Å². The molecule has 26 heavy (non-hydrogen) atoms. The number of rotatable bonds is 4. The maximum atomic E-state index is 13.8. The lowest BCUT2D eigenvalue weighted by atomic mass is 10.2. The lowest BCUT2D eigenvalue weighted by molar-refractivity contribution is 0.0930. The first-order valence-electron chi connectivity index (χ1n) is 7.43. The molecule has 2 aromatic carbocycles. The zero-order chi connectivity index (χ0) is 19.3. The predicted octanol–water partition coefficient (Wildman–Crippen LogP) is 4.55. The molecule has 0 spiro atoms. The molecule has 0 fully saturated rings. The second-order valence-electron chi connectivity index (χ2n) is 5.34. The van der Waals surface area contributed by atoms with Gasteiger partial charge in [-0.15, -0.1) is 0 Å². The van der Waals surface area contributed by atoms with Crippen LogP contribution in [0, 0.1) is 12.7 Å². The van der Waals surface area contributed by atoms with Crippen LogP contribution in [-0.2, 0) is 0 Å². The third-order valence-corrected chi connectivity index (χ3v) is 4.26. The molecule has 2 aromatic rings. The zero-order valence-corrected chi connectivity index (χ0v) is 16.6. The molecular weight excluding hydrogens is 420 g/mol. The van der Waals surface area contributed by atoms with Crippen LogP contribution in [0.3, 0.4) is 0 Å². The van der Waals surface area contributed by atoms with E-state index in [0.29, 0.717) is 0 Å². The summed E-state index contributed by atoms with van der Waals surface area (Å²) in [6.07, 6.45) is -1.19. The molecule has 0 heterocycles. The summed E-state index contributed by atoms with van der Waals surface area (Å²) in [7, 11) is 0. The number of hydrogen-bond acceptors (Lipinski definition) is 2. The summed E-state index contributed by atoms with van der Waals surface area (Å²) in [5, 5.41) is 8.24. The minimum atomic E-state index is -1.93. The maximum Gasteiger partial charge on any atom is 0.255 e. The third kappa shape index (κ3) is 5.71. The number of nitrogens with one attached hydrogen (secondary N) is 3. The molecule has 0 radical (unpaired) electrons. The van der Waals surface area contributed by atoms with E-state index in [0.717, 1.165) is 17.3 Å². The van der Waals surface area contributed by atoms with Crippen molar-refractivity contribution in [3.8, 4) is 0 Å². The van der Waals surface area contributed by atoms with Gasteiger partial charge in [0.1, 0.15) is 12.0 Å². The average Bonchev–Trinajstić information content (AvgIpc) is 2.56. The quantitative estimate of drug-likeness (QED) is 0.375. The molecule has 0 saturated heterocycles. The van der Waals surface area contributed by atoms with Crippen LogP contribution in [0.2, 0.25) is 0 Å². The smallest absolute Gasteiger partial charge is 0.255 e. The normalized spacial score (nSPS) is 12.2. The SMILES string of the molecule is Cc1ccccc1NC(=S)N[C@@H](NC(=O)c1ccccc1F)C(Cl)(Cl)Cl. The topological polar surface area (TPSA) is 53.2 Å². The monoisotopic (exact) mass is 433 g/mol. The molecule has 0 unspecified atom stereocenters. The number of alkyl halides is 3. The Labute approximate surface area is 171 Å². The highest BCUT2D eigenvalue weighted by Gasteiger charge is 2.35. The Hall–Kier alpha value is -1.60. The number of carbonyl (C=O) groups excluding carboxylic acids is 1. The van der Waals surface area contributed by atoms with Crippen molar-refractivity contribution < 1.29 is 9.18 Å². The molecule has 0 aliphatic heterocycles. The van der Waals surface area contributed by atoms with E-state index in [1.807, 2.05) is 31.2 Å². The summed E-state index contributed by atoms with van der Waals surface area (Å²) in [4.78, 5) is 12.3. The standard InChI is InChI=1S/C17H15Cl3FN3OS/c1-10-6-2-5-9-13(10)22-16(26)24-15(17(18,19)20)23-14(25)11-7-3-4-8-12(11)21/h2-9,15H,1H3,(H,23,25)(H2,22,24,26)/t15-/m1/s1. The maximum absolute atomic E-state index is 13.8. The molecule has 0 bridgehead atoms. The zero-order valence-electron chi connectivity index (χ0n) is 13.5. The van der Waals surface area contributed by atoms with Gasteiger partial charge in [0.15, 0.2) is 5.11 Å².